The van der Waals surface area contributed by atoms with Gasteiger partial charge < -0.3 is 14.8 Å². The van der Waals surface area contributed by atoms with Gasteiger partial charge in [0.15, 0.2) is 0 Å². The third kappa shape index (κ3) is 3.63. The predicted molar refractivity (Wildman–Crippen MR) is 102 cm³/mol. The molecule has 1 heterocycles. The van der Waals surface area contributed by atoms with Crippen molar-refractivity contribution < 1.29 is 14.3 Å². The molecule has 4 nitrogen and oxygen atoms in total. The van der Waals surface area contributed by atoms with E-state index in [1.54, 1.807) is 36.4 Å². The van der Waals surface area contributed by atoms with Crippen molar-refractivity contribution in [1.29, 1.82) is 0 Å². The molecule has 0 fully saturated rings. The molecular formula is C18H13ClINO3. The number of nitrogens with one attached hydrogen (secondary N) is 1. The number of hydrogen-bond acceptors (Lipinski definition) is 3. The molecule has 2 aromatic carbocycles. The van der Waals surface area contributed by atoms with E-state index >= 15 is 0 Å². The normalized spacial score (nSPS) is 10.6. The maximum Gasteiger partial charge on any atom is 0.256 e. The SMILES string of the molecule is O=C(Nc1ccc(Cl)c(-c2ccc(CO)o2)c1)c1ccccc1I. The second kappa shape index (κ2) is 7.38. The van der Waals surface area contributed by atoms with Gasteiger partial charge in [-0.2, -0.15) is 0 Å². The average Bonchev–Trinajstić information content (AvgIpc) is 3.06. The van der Waals surface area contributed by atoms with Gasteiger partial charge in [-0.1, -0.05) is 23.7 Å². The number of hydrogen-bond donors (Lipinski definition) is 2. The van der Waals surface area contributed by atoms with Crippen molar-refractivity contribution in [1.82, 2.24) is 0 Å². The minimum atomic E-state index is -0.191. The first-order chi connectivity index (χ1) is 11.6. The molecule has 122 valence electrons. The number of anilines is 1. The quantitative estimate of drug-likeness (QED) is 0.550. The molecule has 1 aromatic heterocycles. The van der Waals surface area contributed by atoms with Crippen LogP contribution in [0, 0.1) is 3.57 Å². The highest BCUT2D eigenvalue weighted by Crippen LogP contribution is 2.32. The van der Waals surface area contributed by atoms with Crippen molar-refractivity contribution in [3.63, 3.8) is 0 Å². The Morgan fingerprint density at radius 2 is 1.96 bits per heavy atom. The van der Waals surface area contributed by atoms with Crippen LogP contribution in [0.25, 0.3) is 11.3 Å². The smallest absolute Gasteiger partial charge is 0.256 e. The van der Waals surface area contributed by atoms with E-state index in [9.17, 15) is 4.79 Å². The highest BCUT2D eigenvalue weighted by molar-refractivity contribution is 14.1. The first-order valence-electron chi connectivity index (χ1n) is 7.14. The minimum Gasteiger partial charge on any atom is -0.459 e. The Hall–Kier alpha value is -1.83. The molecule has 0 saturated carbocycles. The summed E-state index contributed by atoms with van der Waals surface area (Å²) < 4.78 is 6.39. The second-order valence-electron chi connectivity index (χ2n) is 5.05. The van der Waals surface area contributed by atoms with Crippen LogP contribution in [0.4, 0.5) is 5.69 Å². The molecule has 0 aliphatic carbocycles. The number of carbonyl (C=O) groups is 1. The first-order valence-corrected chi connectivity index (χ1v) is 8.59. The molecule has 0 spiro atoms. The number of amides is 1. The number of rotatable bonds is 4. The lowest BCUT2D eigenvalue weighted by atomic mass is 10.1. The van der Waals surface area contributed by atoms with E-state index in [1.165, 1.54) is 0 Å². The largest absolute Gasteiger partial charge is 0.459 e. The molecule has 2 N–H and O–H groups in total. The summed E-state index contributed by atoms with van der Waals surface area (Å²) in [6.45, 7) is -0.180. The number of aliphatic hydroxyl groups is 1. The van der Waals surface area contributed by atoms with E-state index < -0.39 is 0 Å². The van der Waals surface area contributed by atoms with Gasteiger partial charge in [0, 0.05) is 14.8 Å². The van der Waals surface area contributed by atoms with Crippen LogP contribution in [0.3, 0.4) is 0 Å². The van der Waals surface area contributed by atoms with Crippen LogP contribution < -0.4 is 5.32 Å². The fraction of sp³-hybridized carbons (Fsp3) is 0.0556. The molecule has 3 aromatic rings. The summed E-state index contributed by atoms with van der Waals surface area (Å²) in [4.78, 5) is 12.4. The van der Waals surface area contributed by atoms with Gasteiger partial charge in [0.1, 0.15) is 18.1 Å². The Morgan fingerprint density at radius 3 is 2.67 bits per heavy atom. The first kappa shape index (κ1) is 17.0. The van der Waals surface area contributed by atoms with Crippen molar-refractivity contribution in [2.45, 2.75) is 6.61 Å². The maximum atomic E-state index is 12.4. The Morgan fingerprint density at radius 1 is 1.17 bits per heavy atom. The molecule has 24 heavy (non-hydrogen) atoms. The van der Waals surface area contributed by atoms with E-state index in [0.717, 1.165) is 3.57 Å². The summed E-state index contributed by atoms with van der Waals surface area (Å²) in [5.74, 6) is 0.799. The van der Waals surface area contributed by atoms with Gasteiger partial charge in [0.05, 0.1) is 10.6 Å². The van der Waals surface area contributed by atoms with Crippen molar-refractivity contribution in [3.05, 3.63) is 74.5 Å². The fourth-order valence-corrected chi connectivity index (χ4v) is 3.09. The molecule has 0 aliphatic rings. The van der Waals surface area contributed by atoms with E-state index in [2.05, 4.69) is 27.9 Å². The predicted octanol–water partition coefficient (Wildman–Crippen LogP) is 4.95. The number of halogens is 2. The molecule has 1 amide bonds. The molecular weight excluding hydrogens is 441 g/mol. The Kier molecular flexibility index (Phi) is 5.23. The van der Waals surface area contributed by atoms with E-state index in [-0.39, 0.29) is 12.5 Å². The zero-order valence-corrected chi connectivity index (χ0v) is 15.3. The van der Waals surface area contributed by atoms with Gasteiger partial charge >= 0.3 is 0 Å². The lowest BCUT2D eigenvalue weighted by Crippen LogP contribution is -2.13. The summed E-state index contributed by atoms with van der Waals surface area (Å²) in [5.41, 5.74) is 1.87. The molecule has 0 bridgehead atoms. The molecule has 0 aliphatic heterocycles. The Bertz CT molecular complexity index is 891. The highest BCUT2D eigenvalue weighted by atomic mass is 127. The molecule has 6 heteroatoms. The maximum absolute atomic E-state index is 12.4. The summed E-state index contributed by atoms with van der Waals surface area (Å²) in [7, 11) is 0. The second-order valence-corrected chi connectivity index (χ2v) is 6.62. The number of furan rings is 1. The van der Waals surface area contributed by atoms with E-state index in [1.807, 2.05) is 18.2 Å². The number of aliphatic hydroxyl groups excluding tert-OH is 1. The van der Waals surface area contributed by atoms with Crippen LogP contribution in [-0.4, -0.2) is 11.0 Å². The van der Waals surface area contributed by atoms with Crippen LogP contribution in [0.2, 0.25) is 5.02 Å². The lowest BCUT2D eigenvalue weighted by molar-refractivity contribution is 0.102. The minimum absolute atomic E-state index is 0.180. The van der Waals surface area contributed by atoms with Gasteiger partial charge in [-0.05, 0) is 65.1 Å². The van der Waals surface area contributed by atoms with Crippen LogP contribution >= 0.6 is 34.2 Å². The molecule has 0 saturated heterocycles. The third-order valence-corrected chi connectivity index (χ3v) is 4.70. The molecule has 3 rings (SSSR count). The van der Waals surface area contributed by atoms with Gasteiger partial charge in [0.2, 0.25) is 0 Å². The van der Waals surface area contributed by atoms with Gasteiger partial charge in [0.25, 0.3) is 5.91 Å². The molecule has 0 unspecified atom stereocenters. The zero-order chi connectivity index (χ0) is 17.1. The van der Waals surface area contributed by atoms with Crippen LogP contribution in [0.1, 0.15) is 16.1 Å². The summed E-state index contributed by atoms with van der Waals surface area (Å²) in [6, 6.07) is 15.9. The van der Waals surface area contributed by atoms with Crippen molar-refractivity contribution in [2.75, 3.05) is 5.32 Å². The number of benzene rings is 2. The van der Waals surface area contributed by atoms with Crippen molar-refractivity contribution >= 4 is 45.8 Å². The highest BCUT2D eigenvalue weighted by Gasteiger charge is 2.13. The van der Waals surface area contributed by atoms with E-state index in [4.69, 9.17) is 21.1 Å². The van der Waals surface area contributed by atoms with Gasteiger partial charge in [-0.25, -0.2) is 0 Å². The summed E-state index contributed by atoms with van der Waals surface area (Å²) >= 11 is 8.35. The van der Waals surface area contributed by atoms with E-state index in [0.29, 0.717) is 33.4 Å². The van der Waals surface area contributed by atoms with Crippen LogP contribution in [0.5, 0.6) is 0 Å². The average molecular weight is 454 g/mol. The van der Waals surface area contributed by atoms with Crippen LogP contribution in [-0.2, 0) is 6.61 Å². The van der Waals surface area contributed by atoms with Crippen LogP contribution in [0.15, 0.2) is 59.0 Å². The Balaban J connectivity index is 1.88. The van der Waals surface area contributed by atoms with Crippen molar-refractivity contribution in [2.24, 2.45) is 0 Å². The number of carbonyl (C=O) groups excluding carboxylic acids is 1. The zero-order valence-electron chi connectivity index (χ0n) is 12.4. The topological polar surface area (TPSA) is 62.5 Å². The summed E-state index contributed by atoms with van der Waals surface area (Å²) in [5, 5.41) is 12.5. The monoisotopic (exact) mass is 453 g/mol. The third-order valence-electron chi connectivity index (χ3n) is 3.43. The molecule has 0 atom stereocenters. The summed E-state index contributed by atoms with van der Waals surface area (Å²) in [6.07, 6.45) is 0. The molecule has 0 radical (unpaired) electrons. The lowest BCUT2D eigenvalue weighted by Gasteiger charge is -2.09. The van der Waals surface area contributed by atoms with Gasteiger partial charge in [-0.3, -0.25) is 4.79 Å². The fourth-order valence-electron chi connectivity index (χ4n) is 2.24. The van der Waals surface area contributed by atoms with Crippen molar-refractivity contribution in [3.8, 4) is 11.3 Å². The standard InChI is InChI=1S/C18H13ClINO3/c19-15-7-5-11(9-14(15)17-8-6-12(10-22)24-17)21-18(23)13-3-1-2-4-16(13)20/h1-9,22H,10H2,(H,21,23). The van der Waals surface area contributed by atoms with Gasteiger partial charge in [-0.15, -0.1) is 0 Å². The Labute approximate surface area is 157 Å².